The van der Waals surface area contributed by atoms with E-state index in [2.05, 4.69) is 54.5 Å². The van der Waals surface area contributed by atoms with Crippen LogP contribution in [0.15, 0.2) is 42.0 Å². The summed E-state index contributed by atoms with van der Waals surface area (Å²) in [4.78, 5) is 25.9. The Kier molecular flexibility index (Phi) is 7.30. The summed E-state index contributed by atoms with van der Waals surface area (Å²) in [5.41, 5.74) is 1.95. The zero-order valence-electron chi connectivity index (χ0n) is 28.0. The van der Waals surface area contributed by atoms with E-state index in [4.69, 9.17) is 4.74 Å². The van der Waals surface area contributed by atoms with Crippen molar-refractivity contribution < 1.29 is 24.5 Å². The maximum atomic E-state index is 13.0. The number of fused-ring (bicyclic) bond motifs is 7. The van der Waals surface area contributed by atoms with Crippen molar-refractivity contribution in [1.82, 2.24) is 0 Å². The summed E-state index contributed by atoms with van der Waals surface area (Å²) in [6, 6.07) is 6.79. The first-order valence-electron chi connectivity index (χ1n) is 17.1. The Morgan fingerprint density at radius 1 is 0.818 bits per heavy atom. The molecular weight excluding hydrogens is 548 g/mol. The van der Waals surface area contributed by atoms with Gasteiger partial charge in [0, 0.05) is 11.5 Å². The van der Waals surface area contributed by atoms with Crippen molar-refractivity contribution >= 4 is 18.0 Å². The molecule has 0 aliphatic heterocycles. The average Bonchev–Trinajstić information content (AvgIpc) is 2.94. The Morgan fingerprint density at radius 2 is 1.45 bits per heavy atom. The molecule has 1 aromatic carbocycles. The number of phenolic OH excluding ortho intramolecular Hbond substituents is 1. The minimum Gasteiger partial charge on any atom is -0.508 e. The van der Waals surface area contributed by atoms with Gasteiger partial charge in [0.25, 0.3) is 0 Å². The summed E-state index contributed by atoms with van der Waals surface area (Å²) in [6.45, 7) is 16.8. The summed E-state index contributed by atoms with van der Waals surface area (Å²) < 4.78 is 6.18. The highest BCUT2D eigenvalue weighted by atomic mass is 16.5. The smallest absolute Gasteiger partial charge is 0.331 e. The van der Waals surface area contributed by atoms with Gasteiger partial charge in [0.15, 0.2) is 0 Å². The van der Waals surface area contributed by atoms with Crippen molar-refractivity contribution in [3.63, 3.8) is 0 Å². The van der Waals surface area contributed by atoms with Crippen LogP contribution in [0.1, 0.15) is 118 Å². The molecule has 0 bridgehead atoms. The number of esters is 1. The second kappa shape index (κ2) is 10.2. The lowest BCUT2D eigenvalue weighted by atomic mass is 9.34. The van der Waals surface area contributed by atoms with Crippen molar-refractivity contribution in [2.45, 2.75) is 119 Å². The lowest BCUT2D eigenvalue weighted by molar-refractivity contribution is -0.199. The van der Waals surface area contributed by atoms with Gasteiger partial charge < -0.3 is 14.9 Å². The third kappa shape index (κ3) is 4.61. The summed E-state index contributed by atoms with van der Waals surface area (Å²) >= 11 is 0. The van der Waals surface area contributed by atoms with Crippen molar-refractivity contribution in [3.8, 4) is 5.75 Å². The van der Waals surface area contributed by atoms with Gasteiger partial charge in [-0.05, 0) is 127 Å². The van der Waals surface area contributed by atoms with Crippen LogP contribution in [0.5, 0.6) is 5.75 Å². The lowest BCUT2D eigenvalue weighted by Crippen LogP contribution is -2.64. The van der Waals surface area contributed by atoms with E-state index < -0.39 is 11.4 Å². The molecule has 4 saturated carbocycles. The summed E-state index contributed by atoms with van der Waals surface area (Å²) in [5.74, 6) is 0.478. The highest BCUT2D eigenvalue weighted by molar-refractivity contribution is 5.87. The molecule has 1 aromatic rings. The first kappa shape index (κ1) is 31.4. The zero-order chi connectivity index (χ0) is 31.9. The average molecular weight is 603 g/mol. The van der Waals surface area contributed by atoms with Crippen LogP contribution >= 0.6 is 0 Å². The molecule has 5 aliphatic rings. The molecule has 0 amide bonds. The van der Waals surface area contributed by atoms with Crippen LogP contribution < -0.4 is 0 Å². The summed E-state index contributed by atoms with van der Waals surface area (Å²) in [5, 5.41) is 20.2. The number of phenols is 1. The van der Waals surface area contributed by atoms with Gasteiger partial charge in [-0.1, -0.05) is 72.2 Å². The van der Waals surface area contributed by atoms with E-state index in [0.29, 0.717) is 18.3 Å². The van der Waals surface area contributed by atoms with Gasteiger partial charge in [-0.25, -0.2) is 4.79 Å². The van der Waals surface area contributed by atoms with Gasteiger partial charge >= 0.3 is 11.9 Å². The van der Waals surface area contributed by atoms with Gasteiger partial charge in [0.05, 0.1) is 5.41 Å². The molecule has 5 heteroatoms. The van der Waals surface area contributed by atoms with E-state index in [1.807, 2.05) is 0 Å². The van der Waals surface area contributed by atoms with E-state index in [-0.39, 0.29) is 50.8 Å². The molecule has 6 rings (SSSR count). The topological polar surface area (TPSA) is 83.8 Å². The highest BCUT2D eigenvalue weighted by Crippen LogP contribution is 2.75. The molecule has 0 saturated heterocycles. The van der Waals surface area contributed by atoms with Gasteiger partial charge in [0.1, 0.15) is 11.9 Å². The van der Waals surface area contributed by atoms with Gasteiger partial charge in [-0.15, -0.1) is 0 Å². The second-order valence-corrected chi connectivity index (χ2v) is 17.4. The van der Waals surface area contributed by atoms with Gasteiger partial charge in [-0.3, -0.25) is 4.79 Å². The molecule has 5 aliphatic carbocycles. The maximum absolute atomic E-state index is 13.0. The number of hydrogen-bond donors (Lipinski definition) is 2. The number of aliphatic carboxylic acids is 1. The Balaban J connectivity index is 1.25. The number of rotatable bonds is 4. The van der Waals surface area contributed by atoms with Crippen molar-refractivity contribution in [3.05, 3.63) is 47.6 Å². The molecule has 0 radical (unpaired) electrons. The minimum atomic E-state index is -0.626. The molecule has 0 spiro atoms. The van der Waals surface area contributed by atoms with Crippen LogP contribution in [0.25, 0.3) is 6.08 Å². The third-order valence-corrected chi connectivity index (χ3v) is 14.3. The van der Waals surface area contributed by atoms with Crippen LogP contribution in [0.3, 0.4) is 0 Å². The molecule has 0 aromatic heterocycles. The van der Waals surface area contributed by atoms with Crippen LogP contribution in [-0.4, -0.2) is 28.3 Å². The minimum absolute atomic E-state index is 0.0664. The number of carbonyl (C=O) groups is 2. The second-order valence-electron chi connectivity index (χ2n) is 17.4. The summed E-state index contributed by atoms with van der Waals surface area (Å²) in [7, 11) is 0. The Morgan fingerprint density at radius 3 is 2.11 bits per heavy atom. The van der Waals surface area contributed by atoms with E-state index in [9.17, 15) is 19.8 Å². The van der Waals surface area contributed by atoms with E-state index >= 15 is 0 Å². The predicted molar refractivity (Wildman–Crippen MR) is 174 cm³/mol. The van der Waals surface area contributed by atoms with Crippen molar-refractivity contribution in [2.75, 3.05) is 0 Å². The van der Waals surface area contributed by atoms with Crippen LogP contribution in [0, 0.1) is 50.2 Å². The first-order chi connectivity index (χ1) is 20.5. The number of aromatic hydroxyl groups is 1. The van der Waals surface area contributed by atoms with Crippen molar-refractivity contribution in [2.24, 2.45) is 50.2 Å². The number of allylic oxidation sites excluding steroid dienone is 2. The molecule has 44 heavy (non-hydrogen) atoms. The van der Waals surface area contributed by atoms with E-state index in [1.165, 1.54) is 6.08 Å². The SMILES string of the molecule is CC1(C)CC[C@]2(C(=O)O)CC=C3[C@]4(C)CC[C@H]5C(C)(C)[C@@H](OC(=O)/C=C/c6ccc(O)cc6)CC[C@]5(C)[C@H]4CC[C@@]3(C)[C@@H]2C1. The zero-order valence-corrected chi connectivity index (χ0v) is 28.0. The number of carboxylic acid groups (broad SMARTS) is 1. The predicted octanol–water partition coefficient (Wildman–Crippen LogP) is 9.20. The molecule has 240 valence electrons. The highest BCUT2D eigenvalue weighted by Gasteiger charge is 2.68. The number of carbonyl (C=O) groups excluding carboxylic acids is 1. The van der Waals surface area contributed by atoms with E-state index in [0.717, 1.165) is 63.4 Å². The third-order valence-electron chi connectivity index (χ3n) is 14.3. The Labute approximate surface area is 264 Å². The fourth-order valence-electron chi connectivity index (χ4n) is 12.0. The Hall–Kier alpha value is -2.56. The van der Waals surface area contributed by atoms with Gasteiger partial charge in [0.2, 0.25) is 0 Å². The quantitative estimate of drug-likeness (QED) is 0.204. The van der Waals surface area contributed by atoms with Crippen LogP contribution in [-0.2, 0) is 14.3 Å². The number of hydrogen-bond acceptors (Lipinski definition) is 4. The molecule has 0 heterocycles. The lowest BCUT2D eigenvalue weighted by Gasteiger charge is -2.70. The van der Waals surface area contributed by atoms with Gasteiger partial charge in [-0.2, -0.15) is 0 Å². The number of benzene rings is 1. The normalized spacial score (nSPS) is 42.2. The fraction of sp³-hybridized carbons (Fsp3) is 0.692. The molecule has 8 atom stereocenters. The maximum Gasteiger partial charge on any atom is 0.331 e. The number of ether oxygens (including phenoxy) is 1. The summed E-state index contributed by atoms with van der Waals surface area (Å²) in [6.07, 6.45) is 15.3. The molecule has 0 unspecified atom stereocenters. The molecule has 2 N–H and O–H groups in total. The molecular formula is C39H54O5. The van der Waals surface area contributed by atoms with Crippen LogP contribution in [0.4, 0.5) is 0 Å². The fourth-order valence-corrected chi connectivity index (χ4v) is 12.0. The van der Waals surface area contributed by atoms with E-state index in [1.54, 1.807) is 35.9 Å². The monoisotopic (exact) mass is 602 g/mol. The largest absolute Gasteiger partial charge is 0.508 e. The number of carboxylic acids is 1. The molecule has 4 fully saturated rings. The first-order valence-corrected chi connectivity index (χ1v) is 17.1. The van der Waals surface area contributed by atoms with Crippen LogP contribution in [0.2, 0.25) is 0 Å². The Bertz CT molecular complexity index is 1390. The standard InChI is InChI=1S/C39H54O5/c1-34(2)22-23-39(33(42)43)21-16-29-37(6)18-14-27-35(3,4)31(44-32(41)13-10-25-8-11-26(40)12-9-25)17-20-36(27,5)28(37)15-19-38(29,7)30(39)24-34/h8-13,16,27-28,30-31,40H,14-15,17-24H2,1-7H3,(H,42,43)/b13-10+/t27-,28+,30-,31-,36-,37+,38+,39+/m0/s1. The molecule has 5 nitrogen and oxygen atoms in total. The van der Waals surface area contributed by atoms with Crippen molar-refractivity contribution in [1.29, 1.82) is 0 Å².